The molecule has 1 N–H and O–H groups in total. The third-order valence-corrected chi connectivity index (χ3v) is 4.32. The third kappa shape index (κ3) is 3.38. The molecule has 3 rings (SSSR count). The van der Waals surface area contributed by atoms with Gasteiger partial charge in [-0.05, 0) is 44.2 Å². The van der Waals surface area contributed by atoms with Crippen LogP contribution in [-0.2, 0) is 0 Å². The molecule has 2 heterocycles. The van der Waals surface area contributed by atoms with E-state index in [1.807, 2.05) is 25.1 Å². The number of nitrogens with one attached hydrogen (secondary N) is 1. The summed E-state index contributed by atoms with van der Waals surface area (Å²) < 4.78 is 0. The molecule has 0 unspecified atom stereocenters. The maximum absolute atomic E-state index is 4.72. The van der Waals surface area contributed by atoms with Gasteiger partial charge in [0.15, 0.2) is 0 Å². The zero-order chi connectivity index (χ0) is 15.5. The number of hydrogen-bond acceptors (Lipinski definition) is 4. The first-order valence-electron chi connectivity index (χ1n) is 8.05. The lowest BCUT2D eigenvalue weighted by Gasteiger charge is -2.30. The number of anilines is 3. The van der Waals surface area contributed by atoms with Crippen LogP contribution in [0.4, 0.5) is 17.5 Å². The van der Waals surface area contributed by atoms with Gasteiger partial charge in [0, 0.05) is 30.5 Å². The second kappa shape index (κ2) is 6.34. The topological polar surface area (TPSA) is 41.1 Å². The summed E-state index contributed by atoms with van der Waals surface area (Å²) in [4.78, 5) is 11.6. The molecule has 0 radical (unpaired) electrons. The first-order valence-corrected chi connectivity index (χ1v) is 8.05. The molecule has 22 heavy (non-hydrogen) atoms. The zero-order valence-electron chi connectivity index (χ0n) is 13.6. The molecule has 0 saturated carbocycles. The Hall–Kier alpha value is -2.10. The van der Waals surface area contributed by atoms with Crippen LogP contribution in [0.1, 0.15) is 31.0 Å². The Bertz CT molecular complexity index is 645. The van der Waals surface area contributed by atoms with E-state index in [0.29, 0.717) is 0 Å². The van der Waals surface area contributed by atoms with Crippen LogP contribution in [0, 0.1) is 19.8 Å². The molecule has 0 atom stereocenters. The van der Waals surface area contributed by atoms with E-state index >= 15 is 0 Å². The van der Waals surface area contributed by atoms with Gasteiger partial charge < -0.3 is 10.2 Å². The molecule has 0 amide bonds. The molecule has 4 nitrogen and oxygen atoms in total. The van der Waals surface area contributed by atoms with E-state index in [2.05, 4.69) is 41.2 Å². The molecule has 1 aliphatic rings. The van der Waals surface area contributed by atoms with E-state index in [1.54, 1.807) is 0 Å². The van der Waals surface area contributed by atoms with Crippen LogP contribution in [0.15, 0.2) is 30.3 Å². The highest BCUT2D eigenvalue weighted by Crippen LogP contribution is 2.24. The van der Waals surface area contributed by atoms with E-state index in [0.717, 1.165) is 42.2 Å². The van der Waals surface area contributed by atoms with Crippen molar-refractivity contribution in [2.75, 3.05) is 23.3 Å². The summed E-state index contributed by atoms with van der Waals surface area (Å²) in [5, 5.41) is 3.42. The lowest BCUT2D eigenvalue weighted by molar-refractivity contribution is 0.434. The van der Waals surface area contributed by atoms with Gasteiger partial charge in [0.1, 0.15) is 5.82 Å². The van der Waals surface area contributed by atoms with Gasteiger partial charge >= 0.3 is 0 Å². The van der Waals surface area contributed by atoms with E-state index in [4.69, 9.17) is 4.98 Å². The number of rotatable bonds is 3. The monoisotopic (exact) mass is 296 g/mol. The molecule has 4 heteroatoms. The molecule has 116 valence electrons. The van der Waals surface area contributed by atoms with Gasteiger partial charge in [0.05, 0.1) is 0 Å². The third-order valence-electron chi connectivity index (χ3n) is 4.32. The summed E-state index contributed by atoms with van der Waals surface area (Å²) in [6, 6.07) is 10.3. The lowest BCUT2D eigenvalue weighted by Crippen LogP contribution is -2.34. The van der Waals surface area contributed by atoms with Crippen LogP contribution >= 0.6 is 0 Å². The molecule has 1 aromatic heterocycles. The minimum Gasteiger partial charge on any atom is -0.341 e. The maximum Gasteiger partial charge on any atom is 0.227 e. The second-order valence-electron chi connectivity index (χ2n) is 6.30. The Morgan fingerprint density at radius 3 is 2.55 bits per heavy atom. The fraction of sp³-hybridized carbons (Fsp3) is 0.444. The normalized spacial score (nSPS) is 15.9. The summed E-state index contributed by atoms with van der Waals surface area (Å²) in [6.07, 6.45) is 2.44. The van der Waals surface area contributed by atoms with Crippen molar-refractivity contribution >= 4 is 17.5 Å². The predicted octanol–water partition coefficient (Wildman–Crippen LogP) is 4.07. The largest absolute Gasteiger partial charge is 0.341 e. The van der Waals surface area contributed by atoms with Crippen molar-refractivity contribution < 1.29 is 0 Å². The van der Waals surface area contributed by atoms with E-state index in [9.17, 15) is 0 Å². The van der Waals surface area contributed by atoms with Crippen molar-refractivity contribution in [3.63, 3.8) is 0 Å². The molecule has 1 saturated heterocycles. The maximum atomic E-state index is 4.72. The summed E-state index contributed by atoms with van der Waals surface area (Å²) in [5.74, 6) is 2.53. The molecular weight excluding hydrogens is 272 g/mol. The van der Waals surface area contributed by atoms with Crippen molar-refractivity contribution in [1.82, 2.24) is 9.97 Å². The molecule has 1 aliphatic heterocycles. The number of aryl methyl sites for hydroxylation is 2. The molecule has 1 aromatic carbocycles. The van der Waals surface area contributed by atoms with Crippen LogP contribution in [0.2, 0.25) is 0 Å². The van der Waals surface area contributed by atoms with Crippen LogP contribution in [-0.4, -0.2) is 23.1 Å². The van der Waals surface area contributed by atoms with Crippen LogP contribution in [0.5, 0.6) is 0 Å². The molecular formula is C18H24N4. The summed E-state index contributed by atoms with van der Waals surface area (Å²) >= 11 is 0. The summed E-state index contributed by atoms with van der Waals surface area (Å²) in [5.41, 5.74) is 3.31. The molecule has 0 spiro atoms. The zero-order valence-corrected chi connectivity index (χ0v) is 13.6. The van der Waals surface area contributed by atoms with Crippen molar-refractivity contribution in [2.45, 2.75) is 33.6 Å². The van der Waals surface area contributed by atoms with Gasteiger partial charge in [-0.3, -0.25) is 0 Å². The second-order valence-corrected chi connectivity index (χ2v) is 6.30. The highest BCUT2D eigenvalue weighted by molar-refractivity contribution is 5.61. The highest BCUT2D eigenvalue weighted by Gasteiger charge is 2.18. The standard InChI is InChI=1S/C18H24N4/c1-13-8-10-22(11-9-13)18-19-15(3)12-17(21-18)20-16-7-5-4-6-14(16)2/h4-7,12-13H,8-11H2,1-3H3,(H,19,20,21). The Balaban J connectivity index is 1.82. The first kappa shape index (κ1) is 14.8. The Labute approximate surface area is 132 Å². The molecule has 0 aliphatic carbocycles. The average Bonchev–Trinajstić information content (AvgIpc) is 2.50. The van der Waals surface area contributed by atoms with Crippen molar-refractivity contribution in [3.8, 4) is 0 Å². The van der Waals surface area contributed by atoms with Gasteiger partial charge in [-0.15, -0.1) is 0 Å². The van der Waals surface area contributed by atoms with E-state index in [1.165, 1.54) is 18.4 Å². The van der Waals surface area contributed by atoms with Crippen molar-refractivity contribution in [2.24, 2.45) is 5.92 Å². The van der Waals surface area contributed by atoms with Gasteiger partial charge in [-0.2, -0.15) is 4.98 Å². The van der Waals surface area contributed by atoms with Gasteiger partial charge in [-0.25, -0.2) is 4.98 Å². The number of piperidine rings is 1. The Kier molecular flexibility index (Phi) is 4.27. The van der Waals surface area contributed by atoms with Gasteiger partial charge in [-0.1, -0.05) is 25.1 Å². The van der Waals surface area contributed by atoms with Crippen molar-refractivity contribution in [3.05, 3.63) is 41.6 Å². The fourth-order valence-electron chi connectivity index (χ4n) is 2.82. The number of aromatic nitrogens is 2. The van der Waals surface area contributed by atoms with Gasteiger partial charge in [0.2, 0.25) is 5.95 Å². The number of nitrogens with zero attached hydrogens (tertiary/aromatic N) is 3. The smallest absolute Gasteiger partial charge is 0.227 e. The van der Waals surface area contributed by atoms with Crippen LogP contribution < -0.4 is 10.2 Å². The van der Waals surface area contributed by atoms with E-state index in [-0.39, 0.29) is 0 Å². The predicted molar refractivity (Wildman–Crippen MR) is 91.8 cm³/mol. The quantitative estimate of drug-likeness (QED) is 0.927. The summed E-state index contributed by atoms with van der Waals surface area (Å²) in [6.45, 7) is 8.55. The number of para-hydroxylation sites is 1. The highest BCUT2D eigenvalue weighted by atomic mass is 15.3. The van der Waals surface area contributed by atoms with Crippen LogP contribution in [0.25, 0.3) is 0 Å². The molecule has 0 bridgehead atoms. The molecule has 1 fully saturated rings. The number of benzene rings is 1. The summed E-state index contributed by atoms with van der Waals surface area (Å²) in [7, 11) is 0. The lowest BCUT2D eigenvalue weighted by atomic mass is 10.00. The van der Waals surface area contributed by atoms with Crippen LogP contribution in [0.3, 0.4) is 0 Å². The minimum atomic E-state index is 0.811. The Morgan fingerprint density at radius 2 is 1.82 bits per heavy atom. The van der Waals surface area contributed by atoms with E-state index < -0.39 is 0 Å². The SMILES string of the molecule is Cc1cc(Nc2ccccc2C)nc(N2CCC(C)CC2)n1. The molecule has 2 aromatic rings. The average molecular weight is 296 g/mol. The first-order chi connectivity index (χ1) is 10.6. The van der Waals surface area contributed by atoms with Crippen molar-refractivity contribution in [1.29, 1.82) is 0 Å². The Morgan fingerprint density at radius 1 is 1.09 bits per heavy atom. The minimum absolute atomic E-state index is 0.811. The fourth-order valence-corrected chi connectivity index (χ4v) is 2.82. The van der Waals surface area contributed by atoms with Gasteiger partial charge in [0.25, 0.3) is 0 Å². The number of hydrogen-bond donors (Lipinski definition) is 1.